The molecule has 4 aromatic rings. The first kappa shape index (κ1) is 19.5. The Morgan fingerprint density at radius 2 is 1.17 bits per heavy atom. The molecule has 0 amide bonds. The molecule has 0 aliphatic carbocycles. The summed E-state index contributed by atoms with van der Waals surface area (Å²) in [5.74, 6) is 2.13. The van der Waals surface area contributed by atoms with Gasteiger partial charge < -0.3 is 9.13 Å². The van der Waals surface area contributed by atoms with Crippen LogP contribution >= 0.6 is 11.8 Å². The second-order valence-electron chi connectivity index (χ2n) is 7.34. The highest BCUT2D eigenvalue weighted by Crippen LogP contribution is 2.30. The highest BCUT2D eigenvalue weighted by Gasteiger charge is 2.14. The molecule has 0 N–H and O–H groups in total. The van der Waals surface area contributed by atoms with Gasteiger partial charge in [-0.05, 0) is 42.4 Å². The van der Waals surface area contributed by atoms with Crippen molar-refractivity contribution in [2.45, 2.75) is 19.1 Å². The lowest BCUT2D eigenvalue weighted by Crippen LogP contribution is -2.01. The van der Waals surface area contributed by atoms with Gasteiger partial charge in [0.25, 0.3) is 0 Å². The van der Waals surface area contributed by atoms with E-state index in [0.29, 0.717) is 5.25 Å². The zero-order chi connectivity index (χ0) is 20.5. The monoisotopic (exact) mass is 402 g/mol. The second kappa shape index (κ2) is 7.91. The highest BCUT2D eigenvalue weighted by atomic mass is 32.2. The fraction of sp³-hybridized carbons (Fsp3) is 0.250. The molecule has 29 heavy (non-hydrogen) atoms. The zero-order valence-electron chi connectivity index (χ0n) is 17.5. The van der Waals surface area contributed by atoms with Crippen LogP contribution in [0, 0.1) is 6.92 Å². The number of benzene rings is 2. The Morgan fingerprint density at radius 1 is 0.724 bits per heavy atom. The van der Waals surface area contributed by atoms with Crippen LogP contribution in [0.5, 0.6) is 0 Å². The number of imidazole rings is 2. The molecule has 0 aliphatic heterocycles. The number of aromatic nitrogens is 4. The Labute approximate surface area is 176 Å². The molecule has 5 heteroatoms. The van der Waals surface area contributed by atoms with Gasteiger partial charge in [0.15, 0.2) is 0 Å². The largest absolute Gasteiger partial charge is 0.331 e. The average molecular weight is 403 g/mol. The van der Waals surface area contributed by atoms with Crippen molar-refractivity contribution in [3.63, 3.8) is 0 Å². The third-order valence-electron chi connectivity index (χ3n) is 5.66. The first-order chi connectivity index (χ1) is 14.0. The molecule has 0 spiro atoms. The molecule has 1 atom stereocenters. The minimum absolute atomic E-state index is 0.384. The van der Waals surface area contributed by atoms with Crippen molar-refractivity contribution in [3.8, 4) is 33.6 Å². The Morgan fingerprint density at radius 3 is 1.62 bits per heavy atom. The summed E-state index contributed by atoms with van der Waals surface area (Å²) >= 11 is 1.81. The van der Waals surface area contributed by atoms with Crippen LogP contribution in [-0.2, 0) is 14.1 Å². The number of hydrogen-bond acceptors (Lipinski definition) is 3. The van der Waals surface area contributed by atoms with Gasteiger partial charge in [0.05, 0.1) is 29.0 Å². The molecule has 2 heterocycles. The van der Waals surface area contributed by atoms with Crippen molar-refractivity contribution >= 4 is 11.8 Å². The minimum atomic E-state index is 0.384. The van der Waals surface area contributed by atoms with Gasteiger partial charge in [-0.1, -0.05) is 48.5 Å². The van der Waals surface area contributed by atoms with Crippen LogP contribution in [-0.4, -0.2) is 25.4 Å². The summed E-state index contributed by atoms with van der Waals surface area (Å²) < 4.78 is 4.31. The average Bonchev–Trinajstić information content (AvgIpc) is 3.30. The lowest BCUT2D eigenvalue weighted by molar-refractivity contribution is 0.804. The molecule has 0 saturated heterocycles. The molecule has 0 radical (unpaired) electrons. The summed E-state index contributed by atoms with van der Waals surface area (Å²) in [6, 6.07) is 17.4. The second-order valence-corrected chi connectivity index (χ2v) is 8.52. The third kappa shape index (κ3) is 3.62. The summed E-state index contributed by atoms with van der Waals surface area (Å²) in [6.45, 7) is 4.21. The van der Waals surface area contributed by atoms with Crippen molar-refractivity contribution in [1.29, 1.82) is 0 Å². The van der Waals surface area contributed by atoms with E-state index in [0.717, 1.165) is 23.0 Å². The first-order valence-corrected chi connectivity index (χ1v) is 11.0. The molecule has 0 saturated carbocycles. The number of nitrogens with zero attached hydrogens (tertiary/aromatic N) is 4. The molecule has 4 rings (SSSR count). The predicted octanol–water partition coefficient (Wildman–Crippen LogP) is 5.89. The van der Waals surface area contributed by atoms with Gasteiger partial charge in [0, 0.05) is 14.1 Å². The minimum Gasteiger partial charge on any atom is -0.331 e. The maximum absolute atomic E-state index is 4.63. The Kier molecular flexibility index (Phi) is 5.33. The van der Waals surface area contributed by atoms with Gasteiger partial charge in [-0.25, -0.2) is 9.97 Å². The lowest BCUT2D eigenvalue weighted by atomic mass is 10.0. The Hall–Kier alpha value is -2.79. The predicted molar refractivity (Wildman–Crippen MR) is 123 cm³/mol. The van der Waals surface area contributed by atoms with Crippen LogP contribution < -0.4 is 0 Å². The van der Waals surface area contributed by atoms with E-state index in [9.17, 15) is 0 Å². The molecule has 0 fully saturated rings. The highest BCUT2D eigenvalue weighted by molar-refractivity contribution is 7.98. The van der Waals surface area contributed by atoms with Gasteiger partial charge in [-0.2, -0.15) is 11.8 Å². The van der Waals surface area contributed by atoms with Crippen LogP contribution in [0.3, 0.4) is 0 Å². The van der Waals surface area contributed by atoms with Gasteiger partial charge in [0.2, 0.25) is 0 Å². The van der Waals surface area contributed by atoms with E-state index >= 15 is 0 Å². The SMILES string of the molecule is CSC(C)c1ncc(-c2ccc(-c3ccc(-c4cnc(C)n4C)cc3)cc2)n1C. The van der Waals surface area contributed by atoms with Crippen molar-refractivity contribution in [1.82, 2.24) is 19.1 Å². The van der Waals surface area contributed by atoms with Gasteiger partial charge in [0.1, 0.15) is 11.6 Å². The standard InChI is InChI=1S/C24H26N4S/c1-16(29-5)24-26-15-23(28(24)4)21-12-8-19(9-13-21)18-6-10-20(11-7-18)22-14-25-17(2)27(22)3/h6-16H,1-5H3. The normalized spacial score (nSPS) is 12.3. The van der Waals surface area contributed by atoms with Gasteiger partial charge >= 0.3 is 0 Å². The zero-order valence-corrected chi connectivity index (χ0v) is 18.4. The van der Waals surface area contributed by atoms with Gasteiger partial charge in [-0.15, -0.1) is 0 Å². The summed E-state index contributed by atoms with van der Waals surface area (Å²) in [6.07, 6.45) is 6.02. The van der Waals surface area contributed by atoms with E-state index in [2.05, 4.69) is 87.9 Å². The summed E-state index contributed by atoms with van der Waals surface area (Å²) in [4.78, 5) is 9.02. The lowest BCUT2D eigenvalue weighted by Gasteiger charge is -2.11. The molecule has 148 valence electrons. The first-order valence-electron chi connectivity index (χ1n) is 9.73. The van der Waals surface area contributed by atoms with E-state index in [4.69, 9.17) is 0 Å². The van der Waals surface area contributed by atoms with Crippen LogP contribution in [0.1, 0.15) is 23.8 Å². The maximum atomic E-state index is 4.63. The summed E-state index contributed by atoms with van der Waals surface area (Å²) in [5.41, 5.74) is 7.07. The molecule has 1 unspecified atom stereocenters. The molecule has 2 aromatic heterocycles. The fourth-order valence-electron chi connectivity index (χ4n) is 3.61. The van der Waals surface area contributed by atoms with Crippen molar-refractivity contribution in [2.24, 2.45) is 14.1 Å². The van der Waals surface area contributed by atoms with E-state index in [1.165, 1.54) is 22.3 Å². The maximum Gasteiger partial charge on any atom is 0.121 e. The summed E-state index contributed by atoms with van der Waals surface area (Å²) in [5, 5.41) is 0.384. The van der Waals surface area contributed by atoms with E-state index in [1.807, 2.05) is 38.1 Å². The van der Waals surface area contributed by atoms with E-state index < -0.39 is 0 Å². The van der Waals surface area contributed by atoms with E-state index in [1.54, 1.807) is 0 Å². The van der Waals surface area contributed by atoms with Crippen molar-refractivity contribution < 1.29 is 0 Å². The number of aryl methyl sites for hydroxylation is 1. The molecule has 0 aliphatic rings. The molecule has 2 aromatic carbocycles. The number of hydrogen-bond donors (Lipinski definition) is 0. The van der Waals surface area contributed by atoms with Crippen molar-refractivity contribution in [3.05, 3.63) is 72.6 Å². The smallest absolute Gasteiger partial charge is 0.121 e. The molecule has 4 nitrogen and oxygen atoms in total. The third-order valence-corrected chi connectivity index (χ3v) is 6.57. The van der Waals surface area contributed by atoms with E-state index in [-0.39, 0.29) is 0 Å². The topological polar surface area (TPSA) is 35.6 Å². The van der Waals surface area contributed by atoms with Crippen LogP contribution in [0.25, 0.3) is 33.6 Å². The van der Waals surface area contributed by atoms with Gasteiger partial charge in [-0.3, -0.25) is 0 Å². The quantitative estimate of drug-likeness (QED) is 0.418. The van der Waals surface area contributed by atoms with Crippen LogP contribution in [0.15, 0.2) is 60.9 Å². The van der Waals surface area contributed by atoms with Crippen LogP contribution in [0.4, 0.5) is 0 Å². The molecular weight excluding hydrogens is 376 g/mol. The van der Waals surface area contributed by atoms with Crippen molar-refractivity contribution in [2.75, 3.05) is 6.26 Å². The number of thioether (sulfide) groups is 1. The summed E-state index contributed by atoms with van der Waals surface area (Å²) in [7, 11) is 4.14. The Bertz CT molecular complexity index is 1120. The van der Waals surface area contributed by atoms with Crippen LogP contribution in [0.2, 0.25) is 0 Å². The number of rotatable bonds is 5. The molecular formula is C24H26N4S. The molecule has 0 bridgehead atoms. The Balaban J connectivity index is 1.58. The fourth-order valence-corrected chi connectivity index (χ4v) is 4.04.